The van der Waals surface area contributed by atoms with Gasteiger partial charge >= 0.3 is 0 Å². The first-order valence-corrected chi connectivity index (χ1v) is 5.88. The van der Waals surface area contributed by atoms with Crippen LogP contribution in [-0.4, -0.2) is 42.6 Å². The van der Waals surface area contributed by atoms with Crippen LogP contribution >= 0.6 is 0 Å². The fourth-order valence-electron chi connectivity index (χ4n) is 2.81. The minimum Gasteiger partial charge on any atom is -0.344 e. The molecule has 2 fully saturated rings. The Hall–Kier alpha value is -1.39. The summed E-state index contributed by atoms with van der Waals surface area (Å²) in [5.74, 6) is 0.126. The van der Waals surface area contributed by atoms with Crippen molar-refractivity contribution in [1.82, 2.24) is 9.96 Å². The Morgan fingerprint density at radius 2 is 1.94 bits per heavy atom. The van der Waals surface area contributed by atoms with Crippen LogP contribution in [0.2, 0.25) is 0 Å². The molecule has 0 spiro atoms. The Labute approximate surface area is 101 Å². The summed E-state index contributed by atoms with van der Waals surface area (Å²) in [7, 11) is 3.77. The van der Waals surface area contributed by atoms with E-state index in [2.05, 4.69) is 0 Å². The predicted molar refractivity (Wildman–Crippen MR) is 62.9 cm³/mol. The summed E-state index contributed by atoms with van der Waals surface area (Å²) in [5, 5.41) is 1.84. The molecule has 0 radical (unpaired) electrons. The summed E-state index contributed by atoms with van der Waals surface area (Å²) in [6.45, 7) is 0.753. The van der Waals surface area contributed by atoms with Gasteiger partial charge in [-0.1, -0.05) is 30.3 Å². The molecule has 0 aromatic heterocycles. The van der Waals surface area contributed by atoms with Crippen LogP contribution in [0.4, 0.5) is 0 Å². The second-order valence-corrected chi connectivity index (χ2v) is 4.79. The van der Waals surface area contributed by atoms with Crippen molar-refractivity contribution in [3.8, 4) is 0 Å². The molecule has 3 atom stereocenters. The van der Waals surface area contributed by atoms with Gasteiger partial charge in [0.25, 0.3) is 0 Å². The van der Waals surface area contributed by atoms with Gasteiger partial charge in [-0.05, 0) is 5.56 Å². The van der Waals surface area contributed by atoms with Crippen LogP contribution in [0, 0.1) is 5.92 Å². The Bertz CT molecular complexity index is 434. The first kappa shape index (κ1) is 10.7. The van der Waals surface area contributed by atoms with Gasteiger partial charge in [0.1, 0.15) is 6.10 Å². The molecular formula is C13H16N2O2. The Balaban J connectivity index is 1.95. The van der Waals surface area contributed by atoms with E-state index in [1.54, 1.807) is 4.90 Å². The zero-order chi connectivity index (χ0) is 12.0. The molecule has 17 heavy (non-hydrogen) atoms. The van der Waals surface area contributed by atoms with Crippen LogP contribution < -0.4 is 0 Å². The standard InChI is InChI=1S/C13H16N2O2/c1-14-8-10-11(13(14)16)12(17-15(10)2)9-6-4-3-5-7-9/h3-7,10-12H,8H2,1-2H3/t10-,11+,12-/m0/s1. The van der Waals surface area contributed by atoms with Gasteiger partial charge < -0.3 is 4.90 Å². The molecule has 4 nitrogen and oxygen atoms in total. The second kappa shape index (κ2) is 3.82. The summed E-state index contributed by atoms with van der Waals surface area (Å²) in [6, 6.07) is 10.2. The van der Waals surface area contributed by atoms with Crippen LogP contribution in [0.5, 0.6) is 0 Å². The van der Waals surface area contributed by atoms with Gasteiger partial charge in [-0.3, -0.25) is 9.63 Å². The average molecular weight is 232 g/mol. The maximum Gasteiger partial charge on any atom is 0.230 e. The number of benzene rings is 1. The Kier molecular flexibility index (Phi) is 2.42. The molecule has 2 saturated heterocycles. The van der Waals surface area contributed by atoms with E-state index in [-0.39, 0.29) is 24.0 Å². The number of rotatable bonds is 1. The third-order valence-corrected chi connectivity index (χ3v) is 3.74. The topological polar surface area (TPSA) is 32.8 Å². The van der Waals surface area contributed by atoms with Crippen LogP contribution in [0.25, 0.3) is 0 Å². The lowest BCUT2D eigenvalue weighted by atomic mass is 9.92. The molecule has 4 heteroatoms. The number of fused-ring (bicyclic) bond motifs is 1. The van der Waals surface area contributed by atoms with E-state index in [4.69, 9.17) is 4.84 Å². The molecular weight excluding hydrogens is 216 g/mol. The molecule has 1 aromatic rings. The Morgan fingerprint density at radius 1 is 1.24 bits per heavy atom. The highest BCUT2D eigenvalue weighted by molar-refractivity contribution is 5.83. The van der Waals surface area contributed by atoms with E-state index in [0.29, 0.717) is 0 Å². The van der Waals surface area contributed by atoms with Crippen molar-refractivity contribution in [2.45, 2.75) is 12.1 Å². The second-order valence-electron chi connectivity index (χ2n) is 4.79. The summed E-state index contributed by atoms with van der Waals surface area (Å²) in [4.78, 5) is 19.8. The molecule has 1 aromatic carbocycles. The highest BCUT2D eigenvalue weighted by Crippen LogP contribution is 2.42. The lowest BCUT2D eigenvalue weighted by Gasteiger charge is -2.19. The summed E-state index contributed by atoms with van der Waals surface area (Å²) in [5.41, 5.74) is 1.08. The van der Waals surface area contributed by atoms with E-state index in [0.717, 1.165) is 12.1 Å². The first-order chi connectivity index (χ1) is 8.18. The molecule has 0 bridgehead atoms. The van der Waals surface area contributed by atoms with Crippen LogP contribution in [0.1, 0.15) is 11.7 Å². The molecule has 1 amide bonds. The molecule has 3 rings (SSSR count). The van der Waals surface area contributed by atoms with Crippen molar-refractivity contribution >= 4 is 5.91 Å². The van der Waals surface area contributed by atoms with Gasteiger partial charge in [-0.25, -0.2) is 0 Å². The minimum absolute atomic E-state index is 0.0626. The van der Waals surface area contributed by atoms with E-state index >= 15 is 0 Å². The number of hydrogen-bond donors (Lipinski definition) is 0. The smallest absolute Gasteiger partial charge is 0.230 e. The molecule has 0 aliphatic carbocycles. The van der Waals surface area contributed by atoms with Crippen molar-refractivity contribution in [2.75, 3.05) is 20.6 Å². The molecule has 0 unspecified atom stereocenters. The van der Waals surface area contributed by atoms with Gasteiger partial charge in [-0.2, -0.15) is 5.06 Å². The molecule has 2 aliphatic heterocycles. The molecule has 0 N–H and O–H groups in total. The zero-order valence-corrected chi connectivity index (χ0v) is 10.0. The number of carbonyl (C=O) groups excluding carboxylic acids is 1. The lowest BCUT2D eigenvalue weighted by Crippen LogP contribution is -2.30. The normalized spacial score (nSPS) is 33.2. The maximum atomic E-state index is 12.1. The van der Waals surface area contributed by atoms with Gasteiger partial charge in [-0.15, -0.1) is 0 Å². The zero-order valence-electron chi connectivity index (χ0n) is 10.0. The third-order valence-electron chi connectivity index (χ3n) is 3.74. The SMILES string of the molecule is CN1C[C@H]2[C@@H](C1=O)[C@H](c1ccccc1)ON2C. The van der Waals surface area contributed by atoms with Crippen molar-refractivity contribution in [3.05, 3.63) is 35.9 Å². The molecule has 90 valence electrons. The summed E-state index contributed by atoms with van der Waals surface area (Å²) >= 11 is 0. The molecule has 2 heterocycles. The van der Waals surface area contributed by atoms with Gasteiger partial charge in [0, 0.05) is 20.6 Å². The third kappa shape index (κ3) is 1.56. The maximum absolute atomic E-state index is 12.1. The van der Waals surface area contributed by atoms with Crippen molar-refractivity contribution in [1.29, 1.82) is 0 Å². The number of likely N-dealkylation sites (tertiary alicyclic amines) is 1. The fraction of sp³-hybridized carbons (Fsp3) is 0.462. The largest absolute Gasteiger partial charge is 0.344 e. The quantitative estimate of drug-likeness (QED) is 0.726. The van der Waals surface area contributed by atoms with Gasteiger partial charge in [0.15, 0.2) is 0 Å². The Morgan fingerprint density at radius 3 is 2.65 bits per heavy atom. The van der Waals surface area contributed by atoms with E-state index in [9.17, 15) is 4.79 Å². The fourth-order valence-corrected chi connectivity index (χ4v) is 2.81. The average Bonchev–Trinajstić information content (AvgIpc) is 2.81. The lowest BCUT2D eigenvalue weighted by molar-refractivity contribution is -0.156. The van der Waals surface area contributed by atoms with Crippen LogP contribution in [-0.2, 0) is 9.63 Å². The minimum atomic E-state index is -0.136. The number of nitrogens with zero attached hydrogens (tertiary/aromatic N) is 2. The van der Waals surface area contributed by atoms with Crippen molar-refractivity contribution in [2.24, 2.45) is 5.92 Å². The number of hydrogen-bond acceptors (Lipinski definition) is 3. The number of amides is 1. The molecule has 2 aliphatic rings. The van der Waals surface area contributed by atoms with E-state index < -0.39 is 0 Å². The van der Waals surface area contributed by atoms with Gasteiger partial charge in [0.2, 0.25) is 5.91 Å². The highest BCUT2D eigenvalue weighted by atomic mass is 16.7. The molecule has 0 saturated carbocycles. The highest BCUT2D eigenvalue weighted by Gasteiger charge is 2.52. The van der Waals surface area contributed by atoms with Crippen LogP contribution in [0.15, 0.2) is 30.3 Å². The summed E-state index contributed by atoms with van der Waals surface area (Å²) < 4.78 is 0. The predicted octanol–water partition coefficient (Wildman–Crippen LogP) is 1.06. The van der Waals surface area contributed by atoms with E-state index in [1.165, 1.54) is 0 Å². The van der Waals surface area contributed by atoms with E-state index in [1.807, 2.05) is 49.5 Å². The first-order valence-electron chi connectivity index (χ1n) is 5.88. The van der Waals surface area contributed by atoms with Crippen molar-refractivity contribution < 1.29 is 9.63 Å². The van der Waals surface area contributed by atoms with Gasteiger partial charge in [0.05, 0.1) is 12.0 Å². The number of hydroxylamine groups is 2. The monoisotopic (exact) mass is 232 g/mol. The summed E-state index contributed by atoms with van der Waals surface area (Å²) in [6.07, 6.45) is -0.136. The van der Waals surface area contributed by atoms with Crippen LogP contribution in [0.3, 0.4) is 0 Å². The van der Waals surface area contributed by atoms with Crippen molar-refractivity contribution in [3.63, 3.8) is 0 Å². The number of carbonyl (C=O) groups is 1. The number of likely N-dealkylation sites (N-methyl/N-ethyl adjacent to an activating group) is 2.